The Hall–Kier alpha value is -0.870. The summed E-state index contributed by atoms with van der Waals surface area (Å²) in [6.07, 6.45) is 3.93. The number of aromatic nitrogens is 1. The summed E-state index contributed by atoms with van der Waals surface area (Å²) in [6.45, 7) is 8.81. The molecule has 0 radical (unpaired) electrons. The standard InChI is InChI=1S/C14H24N2O2/c1-10(2)16-6-4-12(5-7-16)14-15-13(9-18-14)11(3)8-17/h9-12,17H,4-8H2,1-3H3. The van der Waals surface area contributed by atoms with E-state index in [1.54, 1.807) is 6.26 Å². The number of aliphatic hydroxyl groups excluding tert-OH is 1. The van der Waals surface area contributed by atoms with Gasteiger partial charge in [-0.3, -0.25) is 0 Å². The predicted molar refractivity (Wildman–Crippen MR) is 70.7 cm³/mol. The van der Waals surface area contributed by atoms with Gasteiger partial charge in [-0.2, -0.15) is 0 Å². The van der Waals surface area contributed by atoms with Crippen LogP contribution in [0.1, 0.15) is 57.0 Å². The molecule has 1 aromatic rings. The van der Waals surface area contributed by atoms with Crippen molar-refractivity contribution in [1.82, 2.24) is 9.88 Å². The van der Waals surface area contributed by atoms with E-state index in [0.717, 1.165) is 37.5 Å². The van der Waals surface area contributed by atoms with E-state index in [1.807, 2.05) is 6.92 Å². The maximum absolute atomic E-state index is 9.12. The summed E-state index contributed by atoms with van der Waals surface area (Å²) in [5.74, 6) is 1.37. The normalized spacial score (nSPS) is 20.5. The number of aliphatic hydroxyl groups is 1. The second-order valence-corrected chi connectivity index (χ2v) is 5.60. The lowest BCUT2D eigenvalue weighted by atomic mass is 9.96. The molecule has 0 amide bonds. The molecule has 1 unspecified atom stereocenters. The van der Waals surface area contributed by atoms with Gasteiger partial charge in [0, 0.05) is 17.9 Å². The van der Waals surface area contributed by atoms with Crippen LogP contribution >= 0.6 is 0 Å². The van der Waals surface area contributed by atoms with E-state index in [0.29, 0.717) is 12.0 Å². The Bertz CT molecular complexity index is 368. The zero-order chi connectivity index (χ0) is 13.1. The highest BCUT2D eigenvalue weighted by molar-refractivity contribution is 5.06. The first kappa shape index (κ1) is 13.6. The van der Waals surface area contributed by atoms with E-state index in [4.69, 9.17) is 9.52 Å². The second kappa shape index (κ2) is 5.85. The van der Waals surface area contributed by atoms with Crippen molar-refractivity contribution in [3.8, 4) is 0 Å². The van der Waals surface area contributed by atoms with Gasteiger partial charge in [0.2, 0.25) is 0 Å². The Kier molecular flexibility index (Phi) is 4.40. The molecule has 0 spiro atoms. The fourth-order valence-corrected chi connectivity index (χ4v) is 2.47. The molecule has 18 heavy (non-hydrogen) atoms. The van der Waals surface area contributed by atoms with Crippen molar-refractivity contribution in [3.63, 3.8) is 0 Å². The SMILES string of the molecule is CC(CO)c1coc(C2CCN(C(C)C)CC2)n1. The van der Waals surface area contributed by atoms with Crippen LogP contribution in [0.4, 0.5) is 0 Å². The average molecular weight is 252 g/mol. The molecule has 1 N–H and O–H groups in total. The van der Waals surface area contributed by atoms with Crippen molar-refractivity contribution < 1.29 is 9.52 Å². The molecule has 1 atom stereocenters. The van der Waals surface area contributed by atoms with Gasteiger partial charge in [-0.25, -0.2) is 4.98 Å². The molecule has 0 saturated carbocycles. The van der Waals surface area contributed by atoms with E-state index >= 15 is 0 Å². The summed E-state index contributed by atoms with van der Waals surface area (Å²) >= 11 is 0. The largest absolute Gasteiger partial charge is 0.448 e. The minimum atomic E-state index is 0.0678. The molecular formula is C14H24N2O2. The summed E-state index contributed by atoms with van der Waals surface area (Å²) in [5.41, 5.74) is 0.874. The van der Waals surface area contributed by atoms with E-state index in [9.17, 15) is 0 Å². The van der Waals surface area contributed by atoms with E-state index in [1.165, 1.54) is 0 Å². The number of piperidine rings is 1. The molecule has 4 nitrogen and oxygen atoms in total. The van der Waals surface area contributed by atoms with Crippen LogP contribution in [0.3, 0.4) is 0 Å². The minimum absolute atomic E-state index is 0.0678. The zero-order valence-corrected chi connectivity index (χ0v) is 11.6. The Morgan fingerprint density at radius 1 is 1.39 bits per heavy atom. The Morgan fingerprint density at radius 3 is 2.61 bits per heavy atom. The van der Waals surface area contributed by atoms with Gasteiger partial charge in [0.25, 0.3) is 0 Å². The van der Waals surface area contributed by atoms with Gasteiger partial charge in [0.05, 0.1) is 12.3 Å². The molecule has 4 heteroatoms. The lowest BCUT2D eigenvalue weighted by Gasteiger charge is -2.33. The molecule has 1 aliphatic heterocycles. The van der Waals surface area contributed by atoms with Crippen molar-refractivity contribution >= 4 is 0 Å². The summed E-state index contributed by atoms with van der Waals surface area (Å²) in [5, 5.41) is 9.12. The molecule has 0 aliphatic carbocycles. The number of oxazole rings is 1. The Labute approximate surface area is 109 Å². The fourth-order valence-electron chi connectivity index (χ4n) is 2.47. The van der Waals surface area contributed by atoms with Crippen LogP contribution in [0.25, 0.3) is 0 Å². The van der Waals surface area contributed by atoms with Crippen molar-refractivity contribution in [1.29, 1.82) is 0 Å². The lowest BCUT2D eigenvalue weighted by molar-refractivity contribution is 0.163. The maximum atomic E-state index is 9.12. The van der Waals surface area contributed by atoms with Gasteiger partial charge in [0.1, 0.15) is 6.26 Å². The number of likely N-dealkylation sites (tertiary alicyclic amines) is 1. The molecular weight excluding hydrogens is 228 g/mol. The zero-order valence-electron chi connectivity index (χ0n) is 11.6. The number of hydrogen-bond donors (Lipinski definition) is 1. The number of hydrogen-bond acceptors (Lipinski definition) is 4. The predicted octanol–water partition coefficient (Wildman–Crippen LogP) is 2.36. The topological polar surface area (TPSA) is 49.5 Å². The minimum Gasteiger partial charge on any atom is -0.448 e. The van der Waals surface area contributed by atoms with Crippen LogP contribution in [0.15, 0.2) is 10.7 Å². The third-order valence-electron chi connectivity index (χ3n) is 3.93. The summed E-state index contributed by atoms with van der Waals surface area (Å²) < 4.78 is 5.58. The van der Waals surface area contributed by atoms with Crippen LogP contribution in [0.2, 0.25) is 0 Å². The molecule has 1 saturated heterocycles. The molecule has 1 aromatic heterocycles. The summed E-state index contributed by atoms with van der Waals surface area (Å²) in [6, 6.07) is 0.625. The lowest BCUT2D eigenvalue weighted by Crippen LogP contribution is -2.37. The van der Waals surface area contributed by atoms with Gasteiger partial charge in [-0.15, -0.1) is 0 Å². The summed E-state index contributed by atoms with van der Waals surface area (Å²) in [4.78, 5) is 7.03. The second-order valence-electron chi connectivity index (χ2n) is 5.60. The van der Waals surface area contributed by atoms with Crippen LogP contribution < -0.4 is 0 Å². The van der Waals surface area contributed by atoms with E-state index < -0.39 is 0 Å². The molecule has 2 heterocycles. The Balaban J connectivity index is 1.95. The van der Waals surface area contributed by atoms with Crippen molar-refractivity contribution in [2.75, 3.05) is 19.7 Å². The van der Waals surface area contributed by atoms with Crippen molar-refractivity contribution in [2.45, 2.75) is 51.5 Å². The molecule has 2 rings (SSSR count). The molecule has 0 bridgehead atoms. The third-order valence-corrected chi connectivity index (χ3v) is 3.93. The van der Waals surface area contributed by atoms with Gasteiger partial charge in [0.15, 0.2) is 5.89 Å². The quantitative estimate of drug-likeness (QED) is 0.893. The van der Waals surface area contributed by atoms with E-state index in [2.05, 4.69) is 23.7 Å². The smallest absolute Gasteiger partial charge is 0.197 e. The van der Waals surface area contributed by atoms with Gasteiger partial charge in [-0.1, -0.05) is 6.92 Å². The molecule has 102 valence electrons. The van der Waals surface area contributed by atoms with Crippen LogP contribution in [-0.2, 0) is 0 Å². The van der Waals surface area contributed by atoms with Gasteiger partial charge in [-0.05, 0) is 39.8 Å². The van der Waals surface area contributed by atoms with Crippen LogP contribution in [0.5, 0.6) is 0 Å². The first-order valence-corrected chi connectivity index (χ1v) is 6.92. The maximum Gasteiger partial charge on any atom is 0.197 e. The molecule has 1 aliphatic rings. The highest BCUT2D eigenvalue weighted by Gasteiger charge is 2.25. The van der Waals surface area contributed by atoms with E-state index in [-0.39, 0.29) is 12.5 Å². The Morgan fingerprint density at radius 2 is 2.06 bits per heavy atom. The highest BCUT2D eigenvalue weighted by atomic mass is 16.3. The first-order chi connectivity index (χ1) is 8.61. The fraction of sp³-hybridized carbons (Fsp3) is 0.786. The van der Waals surface area contributed by atoms with Gasteiger partial charge < -0.3 is 14.4 Å². The molecule has 1 fully saturated rings. The first-order valence-electron chi connectivity index (χ1n) is 6.92. The van der Waals surface area contributed by atoms with Gasteiger partial charge >= 0.3 is 0 Å². The number of rotatable bonds is 4. The van der Waals surface area contributed by atoms with Crippen molar-refractivity contribution in [3.05, 3.63) is 17.8 Å². The monoisotopic (exact) mass is 252 g/mol. The van der Waals surface area contributed by atoms with Crippen molar-refractivity contribution in [2.24, 2.45) is 0 Å². The average Bonchev–Trinajstić information content (AvgIpc) is 2.87. The van der Waals surface area contributed by atoms with Crippen LogP contribution in [-0.4, -0.2) is 40.7 Å². The highest BCUT2D eigenvalue weighted by Crippen LogP contribution is 2.29. The number of nitrogens with zero attached hydrogens (tertiary/aromatic N) is 2. The van der Waals surface area contributed by atoms with Crippen LogP contribution in [0, 0.1) is 0 Å². The molecule has 0 aromatic carbocycles. The summed E-state index contributed by atoms with van der Waals surface area (Å²) in [7, 11) is 0. The third kappa shape index (κ3) is 2.93.